The molecule has 0 aliphatic carbocycles. The predicted octanol–water partition coefficient (Wildman–Crippen LogP) is 3.08. The van der Waals surface area contributed by atoms with Gasteiger partial charge < -0.3 is 9.47 Å². The maximum Gasteiger partial charge on any atom is 0.276 e. The number of amides is 2. The number of para-hydroxylation sites is 1. The summed E-state index contributed by atoms with van der Waals surface area (Å²) in [7, 11) is 0. The third kappa shape index (κ3) is 6.11. The van der Waals surface area contributed by atoms with Crippen LogP contribution in [0.4, 0.5) is 0 Å². The maximum absolute atomic E-state index is 12.1. The number of benzene rings is 2. The van der Waals surface area contributed by atoms with Crippen LogP contribution in [0.2, 0.25) is 0 Å². The highest BCUT2D eigenvalue weighted by molar-refractivity contribution is 9.10. The molecule has 0 unspecified atom stereocenters. The summed E-state index contributed by atoms with van der Waals surface area (Å²) in [5.41, 5.74) is 5.04. The molecule has 2 N–H and O–H groups in total. The van der Waals surface area contributed by atoms with Crippen LogP contribution >= 0.6 is 15.9 Å². The van der Waals surface area contributed by atoms with E-state index in [1.54, 1.807) is 42.5 Å². The zero-order valence-corrected chi connectivity index (χ0v) is 15.3. The average molecular weight is 407 g/mol. The lowest BCUT2D eigenvalue weighted by Crippen LogP contribution is -2.43. The summed E-state index contributed by atoms with van der Waals surface area (Å²) in [6, 6.07) is 13.9. The largest absolute Gasteiger partial charge is 0.492 e. The van der Waals surface area contributed by atoms with E-state index in [2.05, 4.69) is 26.8 Å². The molecule has 25 heavy (non-hydrogen) atoms. The lowest BCUT2D eigenvalue weighted by molar-refractivity contribution is -0.123. The normalized spacial score (nSPS) is 10.0. The van der Waals surface area contributed by atoms with Crippen LogP contribution in [0, 0.1) is 0 Å². The second-order valence-corrected chi connectivity index (χ2v) is 5.95. The SMILES string of the molecule is CCCOc1ccc(C(=O)NNC(=O)COc2ccccc2)cc1Br. The van der Waals surface area contributed by atoms with E-state index in [4.69, 9.17) is 9.47 Å². The van der Waals surface area contributed by atoms with Crippen molar-refractivity contribution in [3.63, 3.8) is 0 Å². The van der Waals surface area contributed by atoms with Gasteiger partial charge in [0.05, 0.1) is 11.1 Å². The first-order valence-corrected chi connectivity index (χ1v) is 8.59. The van der Waals surface area contributed by atoms with Crippen molar-refractivity contribution in [3.8, 4) is 11.5 Å². The van der Waals surface area contributed by atoms with E-state index >= 15 is 0 Å². The molecule has 0 radical (unpaired) electrons. The summed E-state index contributed by atoms with van der Waals surface area (Å²) in [5.74, 6) is 0.351. The van der Waals surface area contributed by atoms with Gasteiger partial charge in [-0.05, 0) is 52.7 Å². The molecule has 2 aromatic carbocycles. The minimum atomic E-state index is -0.459. The smallest absolute Gasteiger partial charge is 0.276 e. The molecule has 0 saturated carbocycles. The molecular weight excluding hydrogens is 388 g/mol. The summed E-state index contributed by atoms with van der Waals surface area (Å²) in [6.45, 7) is 2.42. The molecule has 132 valence electrons. The Morgan fingerprint density at radius 1 is 1.04 bits per heavy atom. The first-order chi connectivity index (χ1) is 12.1. The number of hydrazine groups is 1. The quantitative estimate of drug-likeness (QED) is 0.692. The fraction of sp³-hybridized carbons (Fsp3) is 0.222. The topological polar surface area (TPSA) is 76.7 Å². The molecule has 0 aromatic heterocycles. The van der Waals surface area contributed by atoms with Gasteiger partial charge in [-0.1, -0.05) is 25.1 Å². The predicted molar refractivity (Wildman–Crippen MR) is 97.5 cm³/mol. The van der Waals surface area contributed by atoms with Gasteiger partial charge in [-0.25, -0.2) is 0 Å². The van der Waals surface area contributed by atoms with Crippen LogP contribution in [-0.2, 0) is 4.79 Å². The van der Waals surface area contributed by atoms with Crippen LogP contribution in [0.15, 0.2) is 53.0 Å². The van der Waals surface area contributed by atoms with Crippen LogP contribution in [0.3, 0.4) is 0 Å². The highest BCUT2D eigenvalue weighted by Crippen LogP contribution is 2.26. The Labute approximate surface area is 154 Å². The van der Waals surface area contributed by atoms with E-state index < -0.39 is 11.8 Å². The molecule has 0 spiro atoms. The molecule has 2 rings (SSSR count). The molecule has 0 fully saturated rings. The molecular formula is C18H19BrN2O4. The summed E-state index contributed by atoms with van der Waals surface area (Å²) >= 11 is 3.36. The van der Waals surface area contributed by atoms with Crippen LogP contribution in [0.25, 0.3) is 0 Å². The third-order valence-corrected chi connectivity index (χ3v) is 3.70. The van der Waals surface area contributed by atoms with E-state index in [1.165, 1.54) is 0 Å². The number of hydrogen-bond donors (Lipinski definition) is 2. The first kappa shape index (κ1) is 18.8. The Hall–Kier alpha value is -2.54. The van der Waals surface area contributed by atoms with Crippen LogP contribution in [-0.4, -0.2) is 25.0 Å². The van der Waals surface area contributed by atoms with Gasteiger partial charge in [-0.15, -0.1) is 0 Å². The van der Waals surface area contributed by atoms with E-state index in [9.17, 15) is 9.59 Å². The Balaban J connectivity index is 1.81. The van der Waals surface area contributed by atoms with Crippen molar-refractivity contribution >= 4 is 27.7 Å². The number of hydrogen-bond acceptors (Lipinski definition) is 4. The highest BCUT2D eigenvalue weighted by atomic mass is 79.9. The average Bonchev–Trinajstić information content (AvgIpc) is 2.64. The number of carbonyl (C=O) groups excluding carboxylic acids is 2. The molecule has 2 amide bonds. The van der Waals surface area contributed by atoms with Crippen molar-refractivity contribution in [2.24, 2.45) is 0 Å². The van der Waals surface area contributed by atoms with E-state index in [1.807, 2.05) is 13.0 Å². The van der Waals surface area contributed by atoms with Crippen molar-refractivity contribution in [1.29, 1.82) is 0 Å². The van der Waals surface area contributed by atoms with Crippen molar-refractivity contribution in [2.75, 3.05) is 13.2 Å². The van der Waals surface area contributed by atoms with Gasteiger partial charge in [0.2, 0.25) is 0 Å². The Kier molecular flexibility index (Phi) is 7.28. The molecule has 0 aliphatic rings. The van der Waals surface area contributed by atoms with Gasteiger partial charge in [0.1, 0.15) is 11.5 Å². The number of halogens is 1. The first-order valence-electron chi connectivity index (χ1n) is 7.79. The van der Waals surface area contributed by atoms with Gasteiger partial charge in [-0.2, -0.15) is 0 Å². The number of ether oxygens (including phenoxy) is 2. The van der Waals surface area contributed by atoms with Crippen molar-refractivity contribution < 1.29 is 19.1 Å². The lowest BCUT2D eigenvalue weighted by atomic mass is 10.2. The summed E-state index contributed by atoms with van der Waals surface area (Å²) in [6.07, 6.45) is 0.895. The highest BCUT2D eigenvalue weighted by Gasteiger charge is 2.10. The minimum Gasteiger partial charge on any atom is -0.492 e. The molecule has 0 atom stereocenters. The zero-order valence-electron chi connectivity index (χ0n) is 13.8. The third-order valence-electron chi connectivity index (χ3n) is 3.08. The molecule has 0 bridgehead atoms. The van der Waals surface area contributed by atoms with Crippen molar-refractivity contribution in [1.82, 2.24) is 10.9 Å². The molecule has 0 saturated heterocycles. The minimum absolute atomic E-state index is 0.197. The zero-order chi connectivity index (χ0) is 18.1. The monoisotopic (exact) mass is 406 g/mol. The summed E-state index contributed by atoms with van der Waals surface area (Å²) in [5, 5.41) is 0. The second-order valence-electron chi connectivity index (χ2n) is 5.10. The van der Waals surface area contributed by atoms with E-state index in [-0.39, 0.29) is 6.61 Å². The Morgan fingerprint density at radius 2 is 1.80 bits per heavy atom. The fourth-order valence-corrected chi connectivity index (χ4v) is 2.36. The van der Waals surface area contributed by atoms with E-state index in [0.29, 0.717) is 28.1 Å². The van der Waals surface area contributed by atoms with Gasteiger partial charge in [0, 0.05) is 5.56 Å². The molecule has 0 aliphatic heterocycles. The van der Waals surface area contributed by atoms with Gasteiger partial charge >= 0.3 is 0 Å². The van der Waals surface area contributed by atoms with Crippen LogP contribution < -0.4 is 20.3 Å². The molecule has 0 heterocycles. The Morgan fingerprint density at radius 3 is 2.48 bits per heavy atom. The number of carbonyl (C=O) groups is 2. The standard InChI is InChI=1S/C18H19BrN2O4/c1-2-10-24-16-9-8-13(11-15(16)19)18(23)21-20-17(22)12-25-14-6-4-3-5-7-14/h3-9,11H,2,10,12H2,1H3,(H,20,22)(H,21,23). The van der Waals surface area contributed by atoms with Gasteiger partial charge in [0.25, 0.3) is 11.8 Å². The van der Waals surface area contributed by atoms with Crippen LogP contribution in [0.5, 0.6) is 11.5 Å². The number of rotatable bonds is 7. The lowest BCUT2D eigenvalue weighted by Gasteiger charge is -2.10. The Bertz CT molecular complexity index is 722. The maximum atomic E-state index is 12.1. The van der Waals surface area contributed by atoms with Crippen molar-refractivity contribution in [2.45, 2.75) is 13.3 Å². The fourth-order valence-electron chi connectivity index (χ4n) is 1.87. The molecule has 6 nitrogen and oxygen atoms in total. The second kappa shape index (κ2) is 9.68. The summed E-state index contributed by atoms with van der Waals surface area (Å²) < 4.78 is 11.5. The van der Waals surface area contributed by atoms with E-state index in [0.717, 1.165) is 6.42 Å². The van der Waals surface area contributed by atoms with Crippen LogP contribution in [0.1, 0.15) is 23.7 Å². The van der Waals surface area contributed by atoms with Crippen molar-refractivity contribution in [3.05, 3.63) is 58.6 Å². The molecule has 7 heteroatoms. The van der Waals surface area contributed by atoms with Gasteiger partial charge in [-0.3, -0.25) is 20.4 Å². The summed E-state index contributed by atoms with van der Waals surface area (Å²) in [4.78, 5) is 23.8. The number of nitrogens with one attached hydrogen (secondary N) is 2. The van der Waals surface area contributed by atoms with Gasteiger partial charge in [0.15, 0.2) is 6.61 Å². The molecule has 2 aromatic rings.